The van der Waals surface area contributed by atoms with Crippen LogP contribution in [0.2, 0.25) is 0 Å². The van der Waals surface area contributed by atoms with Crippen molar-refractivity contribution in [3.8, 4) is 0 Å². The summed E-state index contributed by atoms with van der Waals surface area (Å²) in [7, 11) is 0. The van der Waals surface area contributed by atoms with Crippen LogP contribution in [0.25, 0.3) is 0 Å². The van der Waals surface area contributed by atoms with Crippen molar-refractivity contribution in [2.75, 3.05) is 12.4 Å². The predicted octanol–water partition coefficient (Wildman–Crippen LogP) is -0.363. The van der Waals surface area contributed by atoms with E-state index in [1.165, 1.54) is 18.3 Å². The lowest BCUT2D eigenvalue weighted by molar-refractivity contribution is -0.169. The van der Waals surface area contributed by atoms with Gasteiger partial charge in [0.1, 0.15) is 11.4 Å². The topological polar surface area (TPSA) is 182 Å². The number of hydrogen-bond donors (Lipinski definition) is 4. The third-order valence-electron chi connectivity index (χ3n) is 6.12. The highest BCUT2D eigenvalue weighted by Gasteiger charge is 2.68. The number of nitrogens with one attached hydrogen (secondary N) is 1. The van der Waals surface area contributed by atoms with E-state index >= 15 is 0 Å². The fraction of sp³-hybridized carbons (Fsp3) is 0.364. The first-order valence-electron chi connectivity index (χ1n) is 10.6. The monoisotopic (exact) mass is 503 g/mol. The first-order chi connectivity index (χ1) is 16.6. The maximum Gasteiger partial charge on any atom is 0.342 e. The van der Waals surface area contributed by atoms with Crippen molar-refractivity contribution in [2.24, 2.45) is 0 Å². The third-order valence-corrected chi connectivity index (χ3v) is 7.56. The van der Waals surface area contributed by atoms with Crippen LogP contribution in [0.5, 0.6) is 0 Å². The zero-order valence-electron chi connectivity index (χ0n) is 18.2. The molecule has 0 bridgehead atoms. The highest BCUT2D eigenvalue weighted by atomic mass is 32.2. The Morgan fingerprint density at radius 2 is 1.74 bits per heavy atom. The summed E-state index contributed by atoms with van der Waals surface area (Å²) in [4.78, 5) is 76.0. The quantitative estimate of drug-likeness (QED) is 0.197. The molecule has 0 saturated carbocycles. The number of carboxylic acids is 2. The van der Waals surface area contributed by atoms with Crippen LogP contribution in [-0.4, -0.2) is 90.0 Å². The molecule has 3 atom stereocenters. The van der Waals surface area contributed by atoms with Crippen LogP contribution in [0.3, 0.4) is 0 Å². The molecule has 0 aromatic heterocycles. The van der Waals surface area contributed by atoms with Gasteiger partial charge in [0.2, 0.25) is 11.4 Å². The van der Waals surface area contributed by atoms with Crippen LogP contribution in [0.4, 0.5) is 0 Å². The van der Waals surface area contributed by atoms with Gasteiger partial charge in [-0.2, -0.15) is 0 Å². The van der Waals surface area contributed by atoms with E-state index in [9.17, 15) is 44.1 Å². The summed E-state index contributed by atoms with van der Waals surface area (Å²) in [5.74, 6) is -5.78. The summed E-state index contributed by atoms with van der Waals surface area (Å²) in [6.45, 7) is -0.284. The van der Waals surface area contributed by atoms with Crippen molar-refractivity contribution in [1.29, 1.82) is 0 Å². The van der Waals surface area contributed by atoms with Crippen LogP contribution < -0.4 is 5.32 Å². The molecule has 0 aliphatic carbocycles. The number of hydrogen-bond acceptors (Lipinski definition) is 8. The molecule has 12 nitrogen and oxygen atoms in total. The SMILES string of the molecule is O=C(CCCC(C(=O)O)N1C(=O)c2ccccc2C1=O)N[C@]1(C(=O)O)C(=O)N2C=C(CO)CS[C@H]21. The van der Waals surface area contributed by atoms with E-state index in [-0.39, 0.29) is 42.7 Å². The highest BCUT2D eigenvalue weighted by molar-refractivity contribution is 8.00. The number of carbonyl (C=O) groups excluding carboxylic acids is 4. The summed E-state index contributed by atoms with van der Waals surface area (Å²) in [6, 6.07) is 4.45. The van der Waals surface area contributed by atoms with Gasteiger partial charge in [0, 0.05) is 18.4 Å². The second-order valence-corrected chi connectivity index (χ2v) is 9.32. The zero-order chi connectivity index (χ0) is 25.5. The second-order valence-electron chi connectivity index (χ2n) is 8.25. The predicted molar refractivity (Wildman–Crippen MR) is 119 cm³/mol. The number of aliphatic hydroxyl groups is 1. The minimum atomic E-state index is -2.17. The average Bonchev–Trinajstić information content (AvgIpc) is 3.09. The molecular formula is C22H21N3O9S. The lowest BCUT2D eigenvalue weighted by Gasteiger charge is -2.53. The Morgan fingerprint density at radius 1 is 1.11 bits per heavy atom. The molecule has 3 aliphatic rings. The lowest BCUT2D eigenvalue weighted by Crippen LogP contribution is -2.81. The van der Waals surface area contributed by atoms with Crippen molar-refractivity contribution in [1.82, 2.24) is 15.1 Å². The van der Waals surface area contributed by atoms with Gasteiger partial charge in [0.25, 0.3) is 17.7 Å². The van der Waals surface area contributed by atoms with Crippen molar-refractivity contribution < 1.29 is 44.1 Å². The molecule has 3 heterocycles. The van der Waals surface area contributed by atoms with Gasteiger partial charge in [-0.25, -0.2) is 9.59 Å². The number of carboxylic acid groups (broad SMARTS) is 2. The molecule has 4 amide bonds. The number of amides is 4. The summed E-state index contributed by atoms with van der Waals surface area (Å²) in [5, 5.41) is 30.0. The van der Waals surface area contributed by atoms with Crippen LogP contribution in [-0.2, 0) is 19.2 Å². The third kappa shape index (κ3) is 3.86. The number of carbonyl (C=O) groups is 6. The number of rotatable bonds is 9. The average molecular weight is 503 g/mol. The normalized spacial score (nSPS) is 23.7. The fourth-order valence-corrected chi connectivity index (χ4v) is 5.72. The molecule has 35 heavy (non-hydrogen) atoms. The molecule has 1 aromatic carbocycles. The van der Waals surface area contributed by atoms with E-state index in [1.807, 2.05) is 0 Å². The number of imide groups is 1. The summed E-state index contributed by atoms with van der Waals surface area (Å²) >= 11 is 1.09. The molecule has 184 valence electrons. The number of aliphatic hydroxyl groups excluding tert-OH is 1. The van der Waals surface area contributed by atoms with Crippen LogP contribution in [0.1, 0.15) is 40.0 Å². The Labute approximate surface area is 202 Å². The molecule has 4 N–H and O–H groups in total. The molecule has 1 fully saturated rings. The number of benzene rings is 1. The molecule has 4 rings (SSSR count). The van der Waals surface area contributed by atoms with Crippen LogP contribution >= 0.6 is 11.8 Å². The van der Waals surface area contributed by atoms with E-state index in [0.717, 1.165) is 16.7 Å². The summed E-state index contributed by atoms with van der Waals surface area (Å²) in [6.07, 6.45) is 0.714. The second kappa shape index (κ2) is 9.15. The maximum absolute atomic E-state index is 12.6. The first kappa shape index (κ1) is 24.4. The Bertz CT molecular complexity index is 1150. The number of nitrogens with zero attached hydrogens (tertiary/aromatic N) is 2. The Hall–Kier alpha value is -3.71. The van der Waals surface area contributed by atoms with E-state index in [4.69, 9.17) is 0 Å². The largest absolute Gasteiger partial charge is 0.480 e. The summed E-state index contributed by atoms with van der Waals surface area (Å²) < 4.78 is 0. The van der Waals surface area contributed by atoms with Crippen LogP contribution in [0, 0.1) is 0 Å². The molecule has 1 unspecified atom stereocenters. The van der Waals surface area contributed by atoms with Crippen molar-refractivity contribution in [3.05, 3.63) is 47.2 Å². The van der Waals surface area contributed by atoms with Crippen molar-refractivity contribution in [3.63, 3.8) is 0 Å². The maximum atomic E-state index is 12.6. The van der Waals surface area contributed by atoms with E-state index in [2.05, 4.69) is 5.32 Å². The molecule has 3 aliphatic heterocycles. The molecule has 13 heteroatoms. The Kier molecular flexibility index (Phi) is 6.38. The number of β-lactam (4-membered cyclic amide) rings is 1. The van der Waals surface area contributed by atoms with E-state index in [1.54, 1.807) is 12.1 Å². The van der Waals surface area contributed by atoms with Gasteiger partial charge in [-0.05, 0) is 30.5 Å². The van der Waals surface area contributed by atoms with Gasteiger partial charge < -0.3 is 25.5 Å². The van der Waals surface area contributed by atoms with Gasteiger partial charge in [0.15, 0.2) is 0 Å². The van der Waals surface area contributed by atoms with Gasteiger partial charge in [-0.15, -0.1) is 11.8 Å². The Morgan fingerprint density at radius 3 is 2.29 bits per heavy atom. The standard InChI is InChI=1S/C22H21N3O9S/c26-9-11-8-24-19(32)22(21(33)34,20(24)35-10-11)23-15(27)7-3-6-14(18(30)31)25-16(28)12-4-1-2-5-13(12)17(25)29/h1-2,4-5,8,14,20,26H,3,6-7,9-10H2,(H,23,27)(H,30,31)(H,33,34)/t14?,20-,22+/m0/s1. The molecule has 0 radical (unpaired) electrons. The van der Waals surface area contributed by atoms with Gasteiger partial charge in [0.05, 0.1) is 17.7 Å². The molecule has 1 aromatic rings. The molecule has 1 saturated heterocycles. The van der Waals surface area contributed by atoms with Crippen molar-refractivity contribution >= 4 is 47.3 Å². The first-order valence-corrected chi connectivity index (χ1v) is 11.7. The van der Waals surface area contributed by atoms with Gasteiger partial charge >= 0.3 is 11.9 Å². The van der Waals surface area contributed by atoms with Crippen LogP contribution in [0.15, 0.2) is 36.0 Å². The van der Waals surface area contributed by atoms with Crippen molar-refractivity contribution in [2.45, 2.75) is 36.2 Å². The number of aliphatic carboxylic acids is 2. The zero-order valence-corrected chi connectivity index (χ0v) is 19.0. The fourth-order valence-electron chi connectivity index (χ4n) is 4.35. The van der Waals surface area contributed by atoms with E-state index < -0.39 is 52.5 Å². The molecular weight excluding hydrogens is 482 g/mol. The van der Waals surface area contributed by atoms with Gasteiger partial charge in [-0.3, -0.25) is 24.1 Å². The minimum Gasteiger partial charge on any atom is -0.480 e. The molecule has 0 spiro atoms. The highest BCUT2D eigenvalue weighted by Crippen LogP contribution is 2.43. The summed E-state index contributed by atoms with van der Waals surface area (Å²) in [5.41, 5.74) is -1.44. The minimum absolute atomic E-state index is 0.0871. The Balaban J connectivity index is 1.40. The van der Waals surface area contributed by atoms with E-state index in [0.29, 0.717) is 10.5 Å². The number of thioether (sulfide) groups is 1. The van der Waals surface area contributed by atoms with Gasteiger partial charge in [-0.1, -0.05) is 12.1 Å². The smallest absolute Gasteiger partial charge is 0.342 e. The number of fused-ring (bicyclic) bond motifs is 2. The lowest BCUT2D eigenvalue weighted by atomic mass is 9.87.